The lowest BCUT2D eigenvalue weighted by molar-refractivity contribution is -0.117. The number of rotatable bonds is 6. The molecule has 28 heavy (non-hydrogen) atoms. The summed E-state index contributed by atoms with van der Waals surface area (Å²) in [5.74, 6) is -0.228. The van der Waals surface area contributed by atoms with E-state index in [1.807, 2.05) is 0 Å². The maximum Gasteiger partial charge on any atom is 0.337 e. The minimum Gasteiger partial charge on any atom is -0.495 e. The summed E-state index contributed by atoms with van der Waals surface area (Å²) in [4.78, 5) is 25.2. The lowest BCUT2D eigenvalue weighted by Gasteiger charge is -2.20. The predicted octanol–water partition coefficient (Wildman–Crippen LogP) is 2.41. The molecule has 1 aliphatic heterocycles. The van der Waals surface area contributed by atoms with Gasteiger partial charge in [-0.05, 0) is 42.8 Å². The van der Waals surface area contributed by atoms with Gasteiger partial charge in [0.25, 0.3) is 10.0 Å². The molecule has 0 aliphatic carbocycles. The van der Waals surface area contributed by atoms with E-state index in [1.54, 1.807) is 6.07 Å². The van der Waals surface area contributed by atoms with Crippen LogP contribution in [0.2, 0.25) is 0 Å². The fraction of sp³-hybridized carbons (Fsp3) is 0.263. The first-order valence-corrected chi connectivity index (χ1v) is 10.0. The van der Waals surface area contributed by atoms with E-state index in [-0.39, 0.29) is 22.1 Å². The van der Waals surface area contributed by atoms with E-state index in [1.165, 1.54) is 55.5 Å². The summed E-state index contributed by atoms with van der Waals surface area (Å²) in [6, 6.07) is 10.3. The molecule has 2 aromatic carbocycles. The predicted molar refractivity (Wildman–Crippen MR) is 103 cm³/mol. The van der Waals surface area contributed by atoms with E-state index in [2.05, 4.69) is 9.46 Å². The third kappa shape index (κ3) is 3.94. The van der Waals surface area contributed by atoms with E-state index in [9.17, 15) is 18.0 Å². The molecule has 0 spiro atoms. The van der Waals surface area contributed by atoms with Crippen LogP contribution < -0.4 is 14.4 Å². The maximum absolute atomic E-state index is 12.8. The van der Waals surface area contributed by atoms with Crippen molar-refractivity contribution in [3.05, 3.63) is 48.0 Å². The number of benzene rings is 2. The average molecular weight is 404 g/mol. The molecule has 1 fully saturated rings. The Morgan fingerprint density at radius 3 is 2.57 bits per heavy atom. The monoisotopic (exact) mass is 404 g/mol. The van der Waals surface area contributed by atoms with Crippen molar-refractivity contribution >= 4 is 33.3 Å². The van der Waals surface area contributed by atoms with Gasteiger partial charge in [-0.3, -0.25) is 9.52 Å². The van der Waals surface area contributed by atoms with Crippen LogP contribution in [0.4, 0.5) is 11.4 Å². The highest BCUT2D eigenvalue weighted by Gasteiger charge is 2.26. The van der Waals surface area contributed by atoms with Gasteiger partial charge in [-0.15, -0.1) is 0 Å². The second-order valence-electron chi connectivity index (χ2n) is 6.16. The maximum atomic E-state index is 12.8. The fourth-order valence-electron chi connectivity index (χ4n) is 2.99. The van der Waals surface area contributed by atoms with Gasteiger partial charge in [0.2, 0.25) is 5.91 Å². The summed E-state index contributed by atoms with van der Waals surface area (Å²) in [6.45, 7) is 0.507. The molecular weight excluding hydrogens is 384 g/mol. The van der Waals surface area contributed by atoms with E-state index in [4.69, 9.17) is 4.74 Å². The van der Waals surface area contributed by atoms with Gasteiger partial charge in [0.15, 0.2) is 0 Å². The van der Waals surface area contributed by atoms with Crippen LogP contribution in [0.3, 0.4) is 0 Å². The van der Waals surface area contributed by atoms with Crippen LogP contribution in [0.5, 0.6) is 5.75 Å². The zero-order chi connectivity index (χ0) is 20.3. The number of carbonyl (C=O) groups is 2. The minimum absolute atomic E-state index is 0.0218. The molecule has 1 heterocycles. The summed E-state index contributed by atoms with van der Waals surface area (Å²) in [7, 11) is -1.24. The second-order valence-corrected chi connectivity index (χ2v) is 7.84. The van der Waals surface area contributed by atoms with Crippen molar-refractivity contribution in [2.45, 2.75) is 17.7 Å². The molecule has 8 nitrogen and oxygen atoms in total. The molecule has 0 bridgehead atoms. The highest BCUT2D eigenvalue weighted by molar-refractivity contribution is 7.92. The Kier molecular flexibility index (Phi) is 5.55. The summed E-state index contributed by atoms with van der Waals surface area (Å²) in [5, 5.41) is 0. The van der Waals surface area contributed by atoms with Crippen LogP contribution in [0.15, 0.2) is 47.4 Å². The van der Waals surface area contributed by atoms with Crippen molar-refractivity contribution in [3.8, 4) is 5.75 Å². The van der Waals surface area contributed by atoms with Crippen LogP contribution in [0.1, 0.15) is 23.2 Å². The largest absolute Gasteiger partial charge is 0.495 e. The second kappa shape index (κ2) is 7.89. The Bertz CT molecular complexity index is 1020. The molecule has 1 N–H and O–H groups in total. The number of nitrogens with zero attached hydrogens (tertiary/aromatic N) is 1. The molecule has 0 aromatic heterocycles. The van der Waals surface area contributed by atoms with Gasteiger partial charge in [0.1, 0.15) is 5.75 Å². The number of esters is 1. The molecule has 9 heteroatoms. The van der Waals surface area contributed by atoms with Gasteiger partial charge in [-0.1, -0.05) is 6.07 Å². The van der Waals surface area contributed by atoms with Crippen LogP contribution >= 0.6 is 0 Å². The molecule has 2 aromatic rings. The average Bonchev–Trinajstić information content (AvgIpc) is 3.12. The van der Waals surface area contributed by atoms with Gasteiger partial charge in [0, 0.05) is 18.7 Å². The molecule has 0 atom stereocenters. The Balaban J connectivity index is 1.94. The Morgan fingerprint density at radius 2 is 1.93 bits per heavy atom. The molecule has 3 rings (SSSR count). The van der Waals surface area contributed by atoms with Crippen LogP contribution in [-0.2, 0) is 19.6 Å². The Morgan fingerprint density at radius 1 is 1.14 bits per heavy atom. The quantitative estimate of drug-likeness (QED) is 0.742. The van der Waals surface area contributed by atoms with Crippen LogP contribution in [0, 0.1) is 0 Å². The van der Waals surface area contributed by atoms with E-state index in [0.717, 1.165) is 0 Å². The van der Waals surface area contributed by atoms with Crippen molar-refractivity contribution in [2.75, 3.05) is 30.4 Å². The number of carbonyl (C=O) groups excluding carboxylic acids is 2. The first-order valence-electron chi connectivity index (χ1n) is 8.55. The summed E-state index contributed by atoms with van der Waals surface area (Å²) < 4.78 is 38.0. The topological polar surface area (TPSA) is 102 Å². The molecule has 0 unspecified atom stereocenters. The normalized spacial score (nSPS) is 14.1. The number of ether oxygens (including phenoxy) is 2. The van der Waals surface area contributed by atoms with E-state index in [0.29, 0.717) is 30.8 Å². The minimum atomic E-state index is -3.95. The molecule has 1 saturated heterocycles. The number of methoxy groups -OCH3 is 2. The van der Waals surface area contributed by atoms with Crippen LogP contribution in [0.25, 0.3) is 0 Å². The van der Waals surface area contributed by atoms with Crippen LogP contribution in [-0.4, -0.2) is 41.1 Å². The van der Waals surface area contributed by atoms with Gasteiger partial charge < -0.3 is 14.4 Å². The van der Waals surface area contributed by atoms with Gasteiger partial charge in [-0.25, -0.2) is 13.2 Å². The zero-order valence-corrected chi connectivity index (χ0v) is 16.3. The van der Waals surface area contributed by atoms with Crippen molar-refractivity contribution in [1.29, 1.82) is 0 Å². The Hall–Kier alpha value is -3.07. The number of anilines is 2. The number of hydrogen-bond acceptors (Lipinski definition) is 6. The zero-order valence-electron chi connectivity index (χ0n) is 15.5. The van der Waals surface area contributed by atoms with Gasteiger partial charge in [0.05, 0.1) is 30.4 Å². The van der Waals surface area contributed by atoms with E-state index < -0.39 is 16.0 Å². The SMILES string of the molecule is COC(=O)c1cccc(NS(=O)(=O)c2ccc(OC)c(N3CCCC3=O)c2)c1. The summed E-state index contributed by atoms with van der Waals surface area (Å²) >= 11 is 0. The van der Waals surface area contributed by atoms with Crippen molar-refractivity contribution < 1.29 is 27.5 Å². The molecule has 1 aliphatic rings. The summed E-state index contributed by atoms with van der Waals surface area (Å²) in [6.07, 6.45) is 1.12. The molecular formula is C19H20N2O6S. The molecule has 148 valence electrons. The van der Waals surface area contributed by atoms with Crippen molar-refractivity contribution in [1.82, 2.24) is 0 Å². The molecule has 0 saturated carbocycles. The smallest absolute Gasteiger partial charge is 0.337 e. The summed E-state index contributed by atoms with van der Waals surface area (Å²) in [5.41, 5.74) is 0.856. The number of nitrogens with one attached hydrogen (secondary N) is 1. The lowest BCUT2D eigenvalue weighted by atomic mass is 10.2. The van der Waals surface area contributed by atoms with E-state index >= 15 is 0 Å². The highest BCUT2D eigenvalue weighted by Crippen LogP contribution is 2.34. The standard InChI is InChI=1S/C19H20N2O6S/c1-26-17-9-8-15(12-16(17)21-10-4-7-18(21)22)28(24,25)20-14-6-3-5-13(11-14)19(23)27-2/h3,5-6,8-9,11-12,20H,4,7,10H2,1-2H3. The first kappa shape index (κ1) is 19.7. The number of hydrogen-bond donors (Lipinski definition) is 1. The van der Waals surface area contributed by atoms with Crippen molar-refractivity contribution in [2.24, 2.45) is 0 Å². The first-order chi connectivity index (χ1) is 13.4. The van der Waals surface area contributed by atoms with Gasteiger partial charge >= 0.3 is 5.97 Å². The fourth-order valence-corrected chi connectivity index (χ4v) is 4.06. The van der Waals surface area contributed by atoms with Crippen molar-refractivity contribution in [3.63, 3.8) is 0 Å². The third-order valence-corrected chi connectivity index (χ3v) is 5.74. The Labute approximate surface area is 163 Å². The number of amides is 1. The lowest BCUT2D eigenvalue weighted by Crippen LogP contribution is -2.25. The molecule has 0 radical (unpaired) electrons. The number of sulfonamides is 1. The highest BCUT2D eigenvalue weighted by atomic mass is 32.2. The van der Waals surface area contributed by atoms with Gasteiger partial charge in [-0.2, -0.15) is 0 Å². The molecule has 1 amide bonds. The third-order valence-electron chi connectivity index (χ3n) is 4.36.